The number of rotatable bonds is 3. The summed E-state index contributed by atoms with van der Waals surface area (Å²) < 4.78 is 0. The molecule has 1 aromatic heterocycles. The van der Waals surface area contributed by atoms with Crippen molar-refractivity contribution in [2.75, 3.05) is 16.4 Å². The first-order chi connectivity index (χ1) is 12.3. The fourth-order valence-electron chi connectivity index (χ4n) is 2.86. The lowest BCUT2D eigenvalue weighted by molar-refractivity contribution is 0.262. The van der Waals surface area contributed by atoms with Crippen LogP contribution in [0.15, 0.2) is 60.7 Å². The maximum atomic E-state index is 12.2. The number of hydrogen-bond acceptors (Lipinski definition) is 3. The third-order valence-electron chi connectivity index (χ3n) is 4.13. The zero-order valence-electron chi connectivity index (χ0n) is 13.6. The van der Waals surface area contributed by atoms with Gasteiger partial charge in [0.2, 0.25) is 0 Å². The smallest absolute Gasteiger partial charge is 0.308 e. The van der Waals surface area contributed by atoms with Crippen LogP contribution in [0.4, 0.5) is 15.5 Å². The number of urea groups is 1. The summed E-state index contributed by atoms with van der Waals surface area (Å²) in [5, 5.41) is 6.78. The molecule has 0 aliphatic carbocycles. The van der Waals surface area contributed by atoms with Crippen LogP contribution in [-0.4, -0.2) is 11.8 Å². The normalized spacial score (nSPS) is 13.1. The standard InChI is InChI=1S/C20H18N2OS2/c23-20(22-19-12-16-10-11-24-13-18(16)25-19)21-17-8-6-15(7-9-17)14-4-2-1-3-5-14/h1-9,12H,10-11,13H2,(H2,21,22,23). The summed E-state index contributed by atoms with van der Waals surface area (Å²) in [5.41, 5.74) is 4.47. The summed E-state index contributed by atoms with van der Waals surface area (Å²) in [6.07, 6.45) is 1.10. The van der Waals surface area contributed by atoms with Crippen LogP contribution in [0, 0.1) is 0 Å². The van der Waals surface area contributed by atoms with E-state index in [2.05, 4.69) is 28.8 Å². The molecule has 2 N–H and O–H groups in total. The largest absolute Gasteiger partial charge is 0.324 e. The van der Waals surface area contributed by atoms with Gasteiger partial charge in [-0.25, -0.2) is 4.79 Å². The number of thiophene rings is 1. The molecule has 0 radical (unpaired) electrons. The minimum atomic E-state index is -0.196. The number of aryl methyl sites for hydroxylation is 1. The number of benzene rings is 2. The van der Waals surface area contributed by atoms with Gasteiger partial charge in [-0.1, -0.05) is 42.5 Å². The molecule has 0 fully saturated rings. The number of nitrogens with one attached hydrogen (secondary N) is 2. The molecule has 4 rings (SSSR count). The molecule has 0 unspecified atom stereocenters. The van der Waals surface area contributed by atoms with Crippen molar-refractivity contribution in [1.82, 2.24) is 0 Å². The van der Waals surface area contributed by atoms with Gasteiger partial charge in [-0.15, -0.1) is 11.3 Å². The monoisotopic (exact) mass is 366 g/mol. The van der Waals surface area contributed by atoms with E-state index in [-0.39, 0.29) is 6.03 Å². The summed E-state index contributed by atoms with van der Waals surface area (Å²) in [7, 11) is 0. The second-order valence-electron chi connectivity index (χ2n) is 5.88. The third-order valence-corrected chi connectivity index (χ3v) is 6.39. The highest BCUT2D eigenvalue weighted by atomic mass is 32.2. The molecule has 25 heavy (non-hydrogen) atoms. The Hall–Kier alpha value is -2.24. The van der Waals surface area contributed by atoms with Crippen LogP contribution < -0.4 is 10.6 Å². The van der Waals surface area contributed by atoms with Gasteiger partial charge in [-0.2, -0.15) is 11.8 Å². The Morgan fingerprint density at radius 1 is 0.920 bits per heavy atom. The van der Waals surface area contributed by atoms with Crippen molar-refractivity contribution in [2.45, 2.75) is 12.2 Å². The number of carbonyl (C=O) groups is 1. The fourth-order valence-corrected chi connectivity index (χ4v) is 5.13. The van der Waals surface area contributed by atoms with Gasteiger partial charge < -0.3 is 5.32 Å². The van der Waals surface area contributed by atoms with Gasteiger partial charge in [0.1, 0.15) is 0 Å². The van der Waals surface area contributed by atoms with Crippen LogP contribution in [0.25, 0.3) is 11.1 Å². The molecule has 0 saturated carbocycles. The Morgan fingerprint density at radius 3 is 2.44 bits per heavy atom. The molecule has 0 bridgehead atoms. The Morgan fingerprint density at radius 2 is 1.68 bits per heavy atom. The minimum absolute atomic E-state index is 0.196. The Balaban J connectivity index is 1.40. The average Bonchev–Trinajstić information content (AvgIpc) is 3.05. The van der Waals surface area contributed by atoms with Crippen molar-refractivity contribution in [1.29, 1.82) is 0 Å². The van der Waals surface area contributed by atoms with E-state index in [1.54, 1.807) is 11.3 Å². The summed E-state index contributed by atoms with van der Waals surface area (Å²) >= 11 is 3.64. The second-order valence-corrected chi connectivity index (χ2v) is 8.13. The van der Waals surface area contributed by atoms with Crippen LogP contribution in [-0.2, 0) is 12.2 Å². The van der Waals surface area contributed by atoms with Crippen molar-refractivity contribution in [3.63, 3.8) is 0 Å². The van der Waals surface area contributed by atoms with Crippen LogP contribution >= 0.6 is 23.1 Å². The van der Waals surface area contributed by atoms with Crippen molar-refractivity contribution >= 4 is 39.8 Å². The maximum Gasteiger partial charge on any atom is 0.324 e. The van der Waals surface area contributed by atoms with Gasteiger partial charge in [0.05, 0.1) is 5.00 Å². The molecule has 2 aromatic carbocycles. The molecule has 5 heteroatoms. The first-order valence-corrected chi connectivity index (χ1v) is 10.2. The number of amides is 2. The van der Waals surface area contributed by atoms with Crippen molar-refractivity contribution in [3.05, 3.63) is 71.1 Å². The van der Waals surface area contributed by atoms with E-state index in [1.165, 1.54) is 21.8 Å². The summed E-state index contributed by atoms with van der Waals surface area (Å²) in [4.78, 5) is 13.6. The van der Waals surface area contributed by atoms with Crippen LogP contribution in [0.3, 0.4) is 0 Å². The van der Waals surface area contributed by atoms with E-state index < -0.39 is 0 Å². The van der Waals surface area contributed by atoms with Gasteiger partial charge in [-0.05, 0) is 47.1 Å². The second kappa shape index (κ2) is 7.33. The van der Waals surface area contributed by atoms with Gasteiger partial charge in [0, 0.05) is 16.3 Å². The quantitative estimate of drug-likeness (QED) is 0.610. The van der Waals surface area contributed by atoms with Crippen molar-refractivity contribution in [2.24, 2.45) is 0 Å². The zero-order valence-corrected chi connectivity index (χ0v) is 15.3. The van der Waals surface area contributed by atoms with E-state index in [4.69, 9.17) is 0 Å². The number of carbonyl (C=O) groups excluding carboxylic acids is 1. The van der Waals surface area contributed by atoms with E-state index >= 15 is 0 Å². The predicted octanol–water partition coefficient (Wildman–Crippen LogP) is 5.85. The third kappa shape index (κ3) is 3.89. The minimum Gasteiger partial charge on any atom is -0.308 e. The predicted molar refractivity (Wildman–Crippen MR) is 109 cm³/mol. The van der Waals surface area contributed by atoms with Gasteiger partial charge >= 0.3 is 6.03 Å². The molecule has 2 amide bonds. The first-order valence-electron chi connectivity index (χ1n) is 8.21. The Kier molecular flexibility index (Phi) is 4.76. The maximum absolute atomic E-state index is 12.2. The SMILES string of the molecule is O=C(Nc1ccc(-c2ccccc2)cc1)Nc1cc2c(s1)CSCC2. The average molecular weight is 367 g/mol. The summed E-state index contributed by atoms with van der Waals surface area (Å²) in [6.45, 7) is 0. The number of anilines is 2. The van der Waals surface area contributed by atoms with Crippen LogP contribution in [0.5, 0.6) is 0 Å². The lowest BCUT2D eigenvalue weighted by atomic mass is 10.1. The highest BCUT2D eigenvalue weighted by molar-refractivity contribution is 7.98. The van der Waals surface area contributed by atoms with Crippen LogP contribution in [0.2, 0.25) is 0 Å². The summed E-state index contributed by atoms with van der Waals surface area (Å²) in [6, 6.07) is 20.0. The summed E-state index contributed by atoms with van der Waals surface area (Å²) in [5.74, 6) is 2.23. The molecule has 0 saturated heterocycles. The van der Waals surface area contributed by atoms with Gasteiger partial charge in [0.25, 0.3) is 0 Å². The molecular formula is C20H18N2OS2. The molecule has 0 spiro atoms. The van der Waals surface area contributed by atoms with E-state index in [0.717, 1.165) is 28.4 Å². The van der Waals surface area contributed by atoms with E-state index in [0.29, 0.717) is 0 Å². The highest BCUT2D eigenvalue weighted by Crippen LogP contribution is 2.34. The molecule has 1 aliphatic heterocycles. The van der Waals surface area contributed by atoms with Gasteiger partial charge in [0.15, 0.2) is 0 Å². The molecule has 3 aromatic rings. The lowest BCUT2D eigenvalue weighted by Gasteiger charge is -2.08. The highest BCUT2D eigenvalue weighted by Gasteiger charge is 2.14. The van der Waals surface area contributed by atoms with E-state index in [1.807, 2.05) is 54.2 Å². The Labute approximate surface area is 155 Å². The molecule has 2 heterocycles. The lowest BCUT2D eigenvalue weighted by Crippen LogP contribution is -2.18. The first kappa shape index (κ1) is 16.2. The molecule has 126 valence electrons. The number of thioether (sulfide) groups is 1. The zero-order chi connectivity index (χ0) is 17.1. The van der Waals surface area contributed by atoms with Gasteiger partial charge in [-0.3, -0.25) is 5.32 Å². The van der Waals surface area contributed by atoms with E-state index in [9.17, 15) is 4.79 Å². The van der Waals surface area contributed by atoms with Crippen LogP contribution in [0.1, 0.15) is 10.4 Å². The molecule has 0 atom stereocenters. The topological polar surface area (TPSA) is 41.1 Å². The number of fused-ring (bicyclic) bond motifs is 1. The molecular weight excluding hydrogens is 348 g/mol. The number of hydrogen-bond donors (Lipinski definition) is 2. The van der Waals surface area contributed by atoms with Crippen molar-refractivity contribution < 1.29 is 4.79 Å². The van der Waals surface area contributed by atoms with Crippen molar-refractivity contribution in [3.8, 4) is 11.1 Å². The molecule has 1 aliphatic rings. The fraction of sp³-hybridized carbons (Fsp3) is 0.150. The Bertz CT molecular complexity index is 849. The molecule has 3 nitrogen and oxygen atoms in total.